The summed E-state index contributed by atoms with van der Waals surface area (Å²) in [6.07, 6.45) is -0.597. The van der Waals surface area contributed by atoms with E-state index in [1.165, 1.54) is 0 Å². The number of carbonyl (C=O) groups excluding carboxylic acids is 2. The van der Waals surface area contributed by atoms with E-state index in [-0.39, 0.29) is 32.1 Å². The highest BCUT2D eigenvalue weighted by Gasteiger charge is 2.29. The van der Waals surface area contributed by atoms with Crippen LogP contribution in [0.5, 0.6) is 0 Å². The van der Waals surface area contributed by atoms with Gasteiger partial charge < -0.3 is 25.2 Å². The number of carbonyl (C=O) groups is 3. The van der Waals surface area contributed by atoms with Crippen LogP contribution in [0.15, 0.2) is 48.5 Å². The molecule has 0 fully saturated rings. The lowest BCUT2D eigenvalue weighted by Crippen LogP contribution is -2.47. The second kappa shape index (κ2) is 11.7. The van der Waals surface area contributed by atoms with E-state index >= 15 is 0 Å². The summed E-state index contributed by atoms with van der Waals surface area (Å²) in [6.45, 7) is 1.47. The lowest BCUT2D eigenvalue weighted by molar-refractivity contribution is -0.142. The van der Waals surface area contributed by atoms with Crippen LogP contribution >= 0.6 is 0 Å². The van der Waals surface area contributed by atoms with Gasteiger partial charge in [0.05, 0.1) is 6.61 Å². The molecule has 0 aliphatic heterocycles. The molecule has 2 aromatic carbocycles. The van der Waals surface area contributed by atoms with Crippen molar-refractivity contribution in [2.45, 2.75) is 25.3 Å². The van der Waals surface area contributed by atoms with Crippen LogP contribution in [0, 0.1) is 11.8 Å². The Labute approximate surface area is 192 Å². The average Bonchev–Trinajstić information content (AvgIpc) is 3.13. The van der Waals surface area contributed by atoms with Gasteiger partial charge in [-0.15, -0.1) is 11.8 Å². The van der Waals surface area contributed by atoms with Crippen molar-refractivity contribution in [2.75, 3.05) is 26.4 Å². The zero-order chi connectivity index (χ0) is 23.6. The molecule has 33 heavy (non-hydrogen) atoms. The van der Waals surface area contributed by atoms with E-state index in [9.17, 15) is 14.4 Å². The molecule has 0 radical (unpaired) electrons. The Balaban J connectivity index is 1.56. The van der Waals surface area contributed by atoms with Gasteiger partial charge in [-0.25, -0.2) is 9.59 Å². The maximum absolute atomic E-state index is 12.5. The number of rotatable bonds is 10. The zero-order valence-corrected chi connectivity index (χ0v) is 18.3. The van der Waals surface area contributed by atoms with Crippen LogP contribution in [0.25, 0.3) is 11.1 Å². The average molecular weight is 450 g/mol. The van der Waals surface area contributed by atoms with Crippen molar-refractivity contribution >= 4 is 18.0 Å². The van der Waals surface area contributed by atoms with Crippen molar-refractivity contribution in [3.63, 3.8) is 0 Å². The van der Waals surface area contributed by atoms with Crippen LogP contribution in [0.2, 0.25) is 0 Å². The fourth-order valence-electron chi connectivity index (χ4n) is 3.72. The van der Waals surface area contributed by atoms with Crippen LogP contribution < -0.4 is 10.6 Å². The monoisotopic (exact) mass is 450 g/mol. The van der Waals surface area contributed by atoms with Crippen molar-refractivity contribution in [2.24, 2.45) is 0 Å². The molecule has 1 unspecified atom stereocenters. The minimum absolute atomic E-state index is 0.0369. The number of amides is 2. The minimum atomic E-state index is -1.09. The lowest BCUT2D eigenvalue weighted by atomic mass is 9.98. The summed E-state index contributed by atoms with van der Waals surface area (Å²) in [4.78, 5) is 35.4. The Hall–Kier alpha value is -3.83. The van der Waals surface area contributed by atoms with Gasteiger partial charge in [0.1, 0.15) is 19.3 Å². The van der Waals surface area contributed by atoms with Gasteiger partial charge in [0.2, 0.25) is 5.91 Å². The molecule has 3 N–H and O–H groups in total. The molecule has 0 heterocycles. The Kier molecular flexibility index (Phi) is 8.44. The summed E-state index contributed by atoms with van der Waals surface area (Å²) in [6, 6.07) is 15.1. The summed E-state index contributed by atoms with van der Waals surface area (Å²) in [7, 11) is 0. The third-order valence-electron chi connectivity index (χ3n) is 5.21. The molecular formula is C25H26N2O6. The van der Waals surface area contributed by atoms with Gasteiger partial charge in [0, 0.05) is 18.9 Å². The number of ether oxygens (including phenoxy) is 2. The van der Waals surface area contributed by atoms with E-state index in [1.54, 1.807) is 6.92 Å². The molecule has 172 valence electrons. The van der Waals surface area contributed by atoms with Gasteiger partial charge in [-0.05, 0) is 29.2 Å². The summed E-state index contributed by atoms with van der Waals surface area (Å²) in [5, 5.41) is 13.7. The highest BCUT2D eigenvalue weighted by atomic mass is 16.5. The van der Waals surface area contributed by atoms with E-state index in [2.05, 4.69) is 34.6 Å². The number of benzene rings is 2. The van der Waals surface area contributed by atoms with Crippen molar-refractivity contribution in [3.8, 4) is 23.0 Å². The Morgan fingerprint density at radius 2 is 1.70 bits per heavy atom. The first-order valence-electron chi connectivity index (χ1n) is 10.6. The second-order valence-electron chi connectivity index (χ2n) is 7.39. The number of hydrogen-bond donors (Lipinski definition) is 3. The Bertz CT molecular complexity index is 1030. The maximum Gasteiger partial charge on any atom is 0.407 e. The number of fused-ring (bicyclic) bond motifs is 3. The molecule has 0 bridgehead atoms. The number of carboxylic acid groups (broad SMARTS) is 1. The van der Waals surface area contributed by atoms with Crippen molar-refractivity contribution in [3.05, 3.63) is 59.7 Å². The van der Waals surface area contributed by atoms with Gasteiger partial charge in [-0.3, -0.25) is 4.79 Å². The predicted octanol–water partition coefficient (Wildman–Crippen LogP) is 2.52. The van der Waals surface area contributed by atoms with E-state index in [0.717, 1.165) is 22.3 Å². The van der Waals surface area contributed by atoms with Crippen LogP contribution in [0.4, 0.5) is 4.79 Å². The zero-order valence-electron chi connectivity index (χ0n) is 18.3. The molecule has 1 aliphatic rings. The molecule has 2 amide bonds. The summed E-state index contributed by atoms with van der Waals surface area (Å²) in [5.41, 5.74) is 4.45. The molecular weight excluding hydrogens is 424 g/mol. The fourth-order valence-corrected chi connectivity index (χ4v) is 3.72. The van der Waals surface area contributed by atoms with Crippen LogP contribution in [-0.2, 0) is 19.1 Å². The molecule has 0 saturated carbocycles. The van der Waals surface area contributed by atoms with E-state index in [1.807, 2.05) is 36.4 Å². The van der Waals surface area contributed by atoms with Gasteiger partial charge in [-0.2, -0.15) is 0 Å². The standard InChI is InChI=1S/C25H26N2O6/c1-2-3-12-22(24(30)26-13-14-32-16-23(28)29)27-25(31)33-15-21-19-10-6-4-8-17(19)18-9-5-7-11-20(18)21/h4-11,21-22H,12-16H2,1H3,(H,26,30)(H,27,31)(H,28,29). The molecule has 2 aromatic rings. The Morgan fingerprint density at radius 3 is 2.30 bits per heavy atom. The molecule has 8 nitrogen and oxygen atoms in total. The predicted molar refractivity (Wildman–Crippen MR) is 122 cm³/mol. The Morgan fingerprint density at radius 1 is 1.06 bits per heavy atom. The van der Waals surface area contributed by atoms with E-state index < -0.39 is 30.6 Å². The minimum Gasteiger partial charge on any atom is -0.480 e. The SMILES string of the molecule is CC#CCC(NC(=O)OCC1c2ccccc2-c2ccccc21)C(=O)NCCOCC(=O)O. The van der Waals surface area contributed by atoms with Gasteiger partial charge in [0.25, 0.3) is 0 Å². The first-order chi connectivity index (χ1) is 16.0. The van der Waals surface area contributed by atoms with Gasteiger partial charge in [0.15, 0.2) is 0 Å². The van der Waals surface area contributed by atoms with Crippen LogP contribution in [0.1, 0.15) is 30.4 Å². The van der Waals surface area contributed by atoms with Crippen LogP contribution in [0.3, 0.4) is 0 Å². The number of nitrogens with one attached hydrogen (secondary N) is 2. The summed E-state index contributed by atoms with van der Waals surface area (Å²) < 4.78 is 10.4. The number of aliphatic carboxylic acids is 1. The normalized spacial score (nSPS) is 12.5. The number of hydrogen-bond acceptors (Lipinski definition) is 5. The molecule has 0 spiro atoms. The summed E-state index contributed by atoms with van der Waals surface area (Å²) >= 11 is 0. The van der Waals surface area contributed by atoms with Crippen molar-refractivity contribution in [1.82, 2.24) is 10.6 Å². The van der Waals surface area contributed by atoms with Crippen LogP contribution in [-0.4, -0.2) is 55.5 Å². The summed E-state index contributed by atoms with van der Waals surface area (Å²) in [5.74, 6) is 3.86. The molecule has 0 aromatic heterocycles. The first-order valence-corrected chi connectivity index (χ1v) is 10.6. The smallest absolute Gasteiger partial charge is 0.407 e. The number of carboxylic acids is 1. The van der Waals surface area contributed by atoms with Gasteiger partial charge >= 0.3 is 12.1 Å². The third kappa shape index (κ3) is 6.34. The molecule has 1 atom stereocenters. The first kappa shape index (κ1) is 23.8. The quantitative estimate of drug-likeness (QED) is 0.379. The molecule has 8 heteroatoms. The highest BCUT2D eigenvalue weighted by Crippen LogP contribution is 2.44. The highest BCUT2D eigenvalue weighted by molar-refractivity contribution is 5.86. The second-order valence-corrected chi connectivity index (χ2v) is 7.39. The fraction of sp³-hybridized carbons (Fsp3) is 0.320. The lowest BCUT2D eigenvalue weighted by Gasteiger charge is -2.18. The van der Waals surface area contributed by atoms with E-state index in [0.29, 0.717) is 0 Å². The number of alkyl carbamates (subject to hydrolysis) is 1. The molecule has 1 aliphatic carbocycles. The van der Waals surface area contributed by atoms with Crippen molar-refractivity contribution < 1.29 is 29.0 Å². The topological polar surface area (TPSA) is 114 Å². The maximum atomic E-state index is 12.5. The van der Waals surface area contributed by atoms with E-state index in [4.69, 9.17) is 14.6 Å². The largest absolute Gasteiger partial charge is 0.480 e. The van der Waals surface area contributed by atoms with Crippen molar-refractivity contribution in [1.29, 1.82) is 0 Å². The molecule has 3 rings (SSSR count). The molecule has 0 saturated heterocycles. The van der Waals surface area contributed by atoms with Gasteiger partial charge in [-0.1, -0.05) is 48.5 Å². The third-order valence-corrected chi connectivity index (χ3v) is 5.21.